The van der Waals surface area contributed by atoms with Gasteiger partial charge in [-0.1, -0.05) is 35.0 Å². The third-order valence-corrected chi connectivity index (χ3v) is 4.80. The Kier molecular flexibility index (Phi) is 6.20. The van der Waals surface area contributed by atoms with Gasteiger partial charge in [0.25, 0.3) is 0 Å². The zero-order chi connectivity index (χ0) is 15.4. The number of benzene rings is 1. The standard InChI is InChI=1S/C16H25BrN2O2/c1-4-13(18)16(11-6-5-7-12(17)8-11)19-9-14(20-2)15(10-19)21-3/h5-8,13-16H,4,9-10,18H2,1-3H3. The van der Waals surface area contributed by atoms with E-state index in [-0.39, 0.29) is 24.3 Å². The third kappa shape index (κ3) is 3.85. The van der Waals surface area contributed by atoms with Crippen LogP contribution < -0.4 is 5.73 Å². The first-order valence-electron chi connectivity index (χ1n) is 7.41. The molecular formula is C16H25BrN2O2. The van der Waals surface area contributed by atoms with Crippen LogP contribution in [0.1, 0.15) is 24.9 Å². The fourth-order valence-corrected chi connectivity index (χ4v) is 3.51. The van der Waals surface area contributed by atoms with E-state index in [2.05, 4.69) is 46.0 Å². The Morgan fingerprint density at radius 1 is 1.29 bits per heavy atom. The average molecular weight is 357 g/mol. The van der Waals surface area contributed by atoms with Crippen molar-refractivity contribution in [1.82, 2.24) is 4.90 Å². The summed E-state index contributed by atoms with van der Waals surface area (Å²) in [5, 5.41) is 0. The molecule has 5 heteroatoms. The van der Waals surface area contributed by atoms with Gasteiger partial charge in [-0.2, -0.15) is 0 Å². The predicted molar refractivity (Wildman–Crippen MR) is 88.3 cm³/mol. The zero-order valence-electron chi connectivity index (χ0n) is 13.0. The fourth-order valence-electron chi connectivity index (χ4n) is 3.09. The van der Waals surface area contributed by atoms with Gasteiger partial charge in [0.2, 0.25) is 0 Å². The number of ether oxygens (including phenoxy) is 2. The molecule has 2 N–H and O–H groups in total. The van der Waals surface area contributed by atoms with Gasteiger partial charge in [-0.05, 0) is 24.1 Å². The first kappa shape index (κ1) is 16.9. The average Bonchev–Trinajstić information content (AvgIpc) is 2.90. The number of hydrogen-bond donors (Lipinski definition) is 1. The first-order chi connectivity index (χ1) is 10.1. The number of nitrogens with zero attached hydrogens (tertiary/aromatic N) is 1. The van der Waals surface area contributed by atoms with Crippen molar-refractivity contribution in [3.63, 3.8) is 0 Å². The highest BCUT2D eigenvalue weighted by Crippen LogP contribution is 2.31. The maximum absolute atomic E-state index is 6.41. The molecule has 4 nitrogen and oxygen atoms in total. The van der Waals surface area contributed by atoms with Gasteiger partial charge in [-0.25, -0.2) is 0 Å². The molecule has 1 aliphatic rings. The number of halogens is 1. The number of methoxy groups -OCH3 is 2. The zero-order valence-corrected chi connectivity index (χ0v) is 14.5. The van der Waals surface area contributed by atoms with E-state index in [0.717, 1.165) is 24.0 Å². The molecule has 2 rings (SSSR count). The molecule has 0 saturated carbocycles. The first-order valence-corrected chi connectivity index (χ1v) is 8.20. The molecule has 1 saturated heterocycles. The summed E-state index contributed by atoms with van der Waals surface area (Å²) in [6.45, 7) is 3.83. The van der Waals surface area contributed by atoms with Gasteiger partial charge in [-0.15, -0.1) is 0 Å². The summed E-state index contributed by atoms with van der Waals surface area (Å²) < 4.78 is 12.2. The van der Waals surface area contributed by atoms with Crippen LogP contribution in [0.15, 0.2) is 28.7 Å². The molecule has 0 amide bonds. The highest BCUT2D eigenvalue weighted by atomic mass is 79.9. The lowest BCUT2D eigenvalue weighted by Gasteiger charge is -2.32. The van der Waals surface area contributed by atoms with Crippen molar-refractivity contribution in [1.29, 1.82) is 0 Å². The Bertz CT molecular complexity index is 446. The lowest BCUT2D eigenvalue weighted by Crippen LogP contribution is -2.40. The molecule has 4 unspecified atom stereocenters. The number of hydrogen-bond acceptors (Lipinski definition) is 4. The van der Waals surface area contributed by atoms with Gasteiger partial charge >= 0.3 is 0 Å². The van der Waals surface area contributed by atoms with Gasteiger partial charge < -0.3 is 15.2 Å². The minimum Gasteiger partial charge on any atom is -0.377 e. The largest absolute Gasteiger partial charge is 0.377 e. The highest BCUT2D eigenvalue weighted by Gasteiger charge is 2.38. The lowest BCUT2D eigenvalue weighted by atomic mass is 9.96. The lowest BCUT2D eigenvalue weighted by molar-refractivity contribution is -0.00461. The minimum absolute atomic E-state index is 0.0902. The van der Waals surface area contributed by atoms with Gasteiger partial charge in [-0.3, -0.25) is 4.90 Å². The Hall–Kier alpha value is -0.460. The van der Waals surface area contributed by atoms with E-state index in [9.17, 15) is 0 Å². The van der Waals surface area contributed by atoms with Crippen molar-refractivity contribution < 1.29 is 9.47 Å². The highest BCUT2D eigenvalue weighted by molar-refractivity contribution is 9.10. The van der Waals surface area contributed by atoms with E-state index >= 15 is 0 Å². The molecule has 4 atom stereocenters. The van der Waals surface area contributed by atoms with Crippen LogP contribution in [0, 0.1) is 0 Å². The van der Waals surface area contributed by atoms with Gasteiger partial charge in [0.15, 0.2) is 0 Å². The minimum atomic E-state index is 0.0902. The topological polar surface area (TPSA) is 47.7 Å². The van der Waals surface area contributed by atoms with E-state index in [0.29, 0.717) is 0 Å². The molecule has 0 bridgehead atoms. The Morgan fingerprint density at radius 2 is 1.90 bits per heavy atom. The smallest absolute Gasteiger partial charge is 0.0972 e. The molecule has 0 spiro atoms. The second-order valence-electron chi connectivity index (χ2n) is 5.57. The molecule has 1 aliphatic heterocycles. The maximum atomic E-state index is 6.41. The van der Waals surface area contributed by atoms with Crippen LogP contribution in [0.25, 0.3) is 0 Å². The summed E-state index contributed by atoms with van der Waals surface area (Å²) in [5.74, 6) is 0. The Morgan fingerprint density at radius 3 is 2.38 bits per heavy atom. The van der Waals surface area contributed by atoms with Crippen molar-refractivity contribution in [3.05, 3.63) is 34.3 Å². The number of rotatable bonds is 6. The quantitative estimate of drug-likeness (QED) is 0.850. The molecule has 21 heavy (non-hydrogen) atoms. The van der Waals surface area contributed by atoms with Crippen LogP contribution >= 0.6 is 15.9 Å². The van der Waals surface area contributed by atoms with E-state index in [1.54, 1.807) is 14.2 Å². The SMILES string of the molecule is CCC(N)C(c1cccc(Br)c1)N1CC(OC)C(OC)C1. The summed E-state index contributed by atoms with van der Waals surface area (Å²) in [7, 11) is 3.49. The van der Waals surface area contributed by atoms with Crippen LogP contribution in [0.4, 0.5) is 0 Å². The van der Waals surface area contributed by atoms with Crippen molar-refractivity contribution in [2.45, 2.75) is 37.6 Å². The molecule has 1 aromatic rings. The molecule has 0 radical (unpaired) electrons. The van der Waals surface area contributed by atoms with Gasteiger partial charge in [0.1, 0.15) is 0 Å². The second-order valence-corrected chi connectivity index (χ2v) is 6.49. The summed E-state index contributed by atoms with van der Waals surface area (Å²) in [6, 6.07) is 8.68. The second kappa shape index (κ2) is 7.70. The van der Waals surface area contributed by atoms with Crippen LogP contribution in [0.3, 0.4) is 0 Å². The third-order valence-electron chi connectivity index (χ3n) is 4.31. The monoisotopic (exact) mass is 356 g/mol. The van der Waals surface area contributed by atoms with Crippen LogP contribution in [0.2, 0.25) is 0 Å². The molecule has 0 aliphatic carbocycles. The van der Waals surface area contributed by atoms with Crippen molar-refractivity contribution in [2.24, 2.45) is 5.73 Å². The summed E-state index contributed by atoms with van der Waals surface area (Å²) in [6.07, 6.45) is 1.14. The molecule has 1 aromatic carbocycles. The summed E-state index contributed by atoms with van der Waals surface area (Å²) in [5.41, 5.74) is 7.66. The van der Waals surface area contributed by atoms with Crippen LogP contribution in [-0.4, -0.2) is 50.5 Å². The molecular weight excluding hydrogens is 332 g/mol. The molecule has 1 fully saturated rings. The van der Waals surface area contributed by atoms with Gasteiger partial charge in [0, 0.05) is 37.8 Å². The van der Waals surface area contributed by atoms with Crippen molar-refractivity contribution in [3.8, 4) is 0 Å². The maximum Gasteiger partial charge on any atom is 0.0972 e. The summed E-state index contributed by atoms with van der Waals surface area (Å²) in [4.78, 5) is 2.39. The normalized spacial score (nSPS) is 26.0. The number of nitrogens with two attached hydrogens (primary N) is 1. The molecule has 118 valence electrons. The van der Waals surface area contributed by atoms with E-state index in [1.165, 1.54) is 5.56 Å². The molecule has 1 heterocycles. The van der Waals surface area contributed by atoms with E-state index < -0.39 is 0 Å². The van der Waals surface area contributed by atoms with Crippen LogP contribution in [0.5, 0.6) is 0 Å². The van der Waals surface area contributed by atoms with Crippen molar-refractivity contribution >= 4 is 15.9 Å². The summed E-state index contributed by atoms with van der Waals surface area (Å²) >= 11 is 3.55. The molecule has 0 aromatic heterocycles. The van der Waals surface area contributed by atoms with Gasteiger partial charge in [0.05, 0.1) is 18.2 Å². The van der Waals surface area contributed by atoms with Crippen molar-refractivity contribution in [2.75, 3.05) is 27.3 Å². The Labute approximate surface area is 135 Å². The fraction of sp³-hybridized carbons (Fsp3) is 0.625. The van der Waals surface area contributed by atoms with Crippen LogP contribution in [-0.2, 0) is 9.47 Å². The Balaban J connectivity index is 2.25. The van der Waals surface area contributed by atoms with E-state index in [4.69, 9.17) is 15.2 Å². The number of likely N-dealkylation sites (tertiary alicyclic amines) is 1. The predicted octanol–water partition coefficient (Wildman–Crippen LogP) is 2.57. The van der Waals surface area contributed by atoms with E-state index in [1.807, 2.05) is 6.07 Å².